The average molecular weight is 351 g/mol. The number of fused-ring (bicyclic) bond motifs is 1. The van der Waals surface area contributed by atoms with E-state index < -0.39 is 0 Å². The lowest BCUT2D eigenvalue weighted by atomic mass is 9.85. The van der Waals surface area contributed by atoms with Gasteiger partial charge in [0.15, 0.2) is 0 Å². The van der Waals surface area contributed by atoms with Crippen molar-refractivity contribution >= 4 is 33.2 Å². The van der Waals surface area contributed by atoms with Crippen LogP contribution in [0.5, 0.6) is 0 Å². The van der Waals surface area contributed by atoms with E-state index in [4.69, 9.17) is 11.6 Å². The van der Waals surface area contributed by atoms with Crippen LogP contribution in [-0.4, -0.2) is 0 Å². The minimum atomic E-state index is 0.181. The molecule has 1 N–H and O–H groups in total. The minimum Gasteiger partial charge on any atom is -0.378 e. The van der Waals surface area contributed by atoms with Crippen LogP contribution in [0, 0.1) is 5.41 Å². The van der Waals surface area contributed by atoms with E-state index in [9.17, 15) is 0 Å². The molecule has 0 bridgehead atoms. The zero-order valence-corrected chi connectivity index (χ0v) is 13.9. The van der Waals surface area contributed by atoms with E-state index >= 15 is 0 Å². The van der Waals surface area contributed by atoms with Crippen molar-refractivity contribution in [3.05, 3.63) is 63.1 Å². The molecule has 0 saturated carbocycles. The summed E-state index contributed by atoms with van der Waals surface area (Å²) in [7, 11) is 0. The maximum Gasteiger partial charge on any atom is 0.0571 e. The SMILES string of the molecule is CC1(C)Cc2ccc(Cl)cc2C1Nc1ccc(Br)cc1. The van der Waals surface area contributed by atoms with E-state index in [-0.39, 0.29) is 11.5 Å². The molecule has 2 aromatic carbocycles. The van der Waals surface area contributed by atoms with E-state index in [0.29, 0.717) is 0 Å². The molecule has 104 valence electrons. The Balaban J connectivity index is 1.95. The fourth-order valence-electron chi connectivity index (χ4n) is 3.00. The van der Waals surface area contributed by atoms with Crippen LogP contribution in [0.3, 0.4) is 0 Å². The number of anilines is 1. The number of benzene rings is 2. The second-order valence-corrected chi connectivity index (χ2v) is 7.44. The second kappa shape index (κ2) is 5.09. The number of nitrogens with one attached hydrogen (secondary N) is 1. The highest BCUT2D eigenvalue weighted by Gasteiger charge is 2.38. The van der Waals surface area contributed by atoms with Crippen molar-refractivity contribution in [3.63, 3.8) is 0 Å². The van der Waals surface area contributed by atoms with Gasteiger partial charge in [0.2, 0.25) is 0 Å². The van der Waals surface area contributed by atoms with Gasteiger partial charge in [0.1, 0.15) is 0 Å². The van der Waals surface area contributed by atoms with Crippen molar-refractivity contribution in [2.75, 3.05) is 5.32 Å². The maximum atomic E-state index is 6.17. The van der Waals surface area contributed by atoms with Gasteiger partial charge in [-0.25, -0.2) is 0 Å². The molecule has 0 aliphatic heterocycles. The third-order valence-corrected chi connectivity index (χ3v) is 4.77. The Morgan fingerprint density at radius 1 is 1.15 bits per heavy atom. The molecule has 3 rings (SSSR count). The second-order valence-electron chi connectivity index (χ2n) is 6.09. The van der Waals surface area contributed by atoms with Gasteiger partial charge in [-0.2, -0.15) is 0 Å². The first-order valence-electron chi connectivity index (χ1n) is 6.76. The van der Waals surface area contributed by atoms with Gasteiger partial charge in [0, 0.05) is 15.2 Å². The molecule has 0 amide bonds. The summed E-state index contributed by atoms with van der Waals surface area (Å²) in [5.74, 6) is 0. The third kappa shape index (κ3) is 2.59. The molecular formula is C17H17BrClN. The zero-order chi connectivity index (χ0) is 14.3. The molecule has 1 aliphatic rings. The lowest BCUT2D eigenvalue weighted by Crippen LogP contribution is -2.24. The summed E-state index contributed by atoms with van der Waals surface area (Å²) < 4.78 is 1.09. The van der Waals surface area contributed by atoms with Crippen molar-refractivity contribution in [2.24, 2.45) is 5.41 Å². The molecule has 2 aromatic rings. The summed E-state index contributed by atoms with van der Waals surface area (Å²) in [4.78, 5) is 0. The van der Waals surface area contributed by atoms with Gasteiger partial charge in [-0.05, 0) is 59.4 Å². The molecule has 0 aromatic heterocycles. The molecule has 20 heavy (non-hydrogen) atoms. The first-order valence-corrected chi connectivity index (χ1v) is 7.93. The van der Waals surface area contributed by atoms with Gasteiger partial charge in [-0.15, -0.1) is 0 Å². The Morgan fingerprint density at radius 3 is 2.55 bits per heavy atom. The lowest BCUT2D eigenvalue weighted by molar-refractivity contribution is 0.337. The Bertz CT molecular complexity index is 634. The van der Waals surface area contributed by atoms with Gasteiger partial charge in [-0.1, -0.05) is 47.4 Å². The normalized spacial score (nSPS) is 19.7. The van der Waals surface area contributed by atoms with Crippen LogP contribution in [0.2, 0.25) is 5.02 Å². The van der Waals surface area contributed by atoms with Gasteiger partial charge in [0.05, 0.1) is 6.04 Å². The largest absolute Gasteiger partial charge is 0.378 e. The van der Waals surface area contributed by atoms with Gasteiger partial charge in [0.25, 0.3) is 0 Å². The van der Waals surface area contributed by atoms with Crippen LogP contribution in [0.25, 0.3) is 0 Å². The smallest absolute Gasteiger partial charge is 0.0571 e. The van der Waals surface area contributed by atoms with Crippen LogP contribution in [0.15, 0.2) is 46.9 Å². The highest BCUT2D eigenvalue weighted by atomic mass is 79.9. The summed E-state index contributed by atoms with van der Waals surface area (Å²) >= 11 is 9.64. The van der Waals surface area contributed by atoms with E-state index in [1.165, 1.54) is 11.1 Å². The first kappa shape index (κ1) is 14.0. The zero-order valence-electron chi connectivity index (χ0n) is 11.6. The predicted octanol–water partition coefficient (Wildman–Crippen LogP) is 5.84. The molecule has 1 atom stereocenters. The Labute approximate surface area is 133 Å². The fourth-order valence-corrected chi connectivity index (χ4v) is 3.44. The first-order chi connectivity index (χ1) is 9.45. The summed E-state index contributed by atoms with van der Waals surface area (Å²) in [5, 5.41) is 4.47. The summed E-state index contributed by atoms with van der Waals surface area (Å²) in [5.41, 5.74) is 4.04. The summed E-state index contributed by atoms with van der Waals surface area (Å²) in [6, 6.07) is 14.8. The van der Waals surface area contributed by atoms with Crippen molar-refractivity contribution in [1.82, 2.24) is 0 Å². The van der Waals surface area contributed by atoms with E-state index in [1.807, 2.05) is 6.07 Å². The lowest BCUT2D eigenvalue weighted by Gasteiger charge is -2.29. The molecule has 0 spiro atoms. The topological polar surface area (TPSA) is 12.0 Å². The van der Waals surface area contributed by atoms with Crippen LogP contribution < -0.4 is 5.32 Å². The van der Waals surface area contributed by atoms with E-state index in [0.717, 1.165) is 21.6 Å². The monoisotopic (exact) mass is 349 g/mol. The molecule has 0 heterocycles. The number of rotatable bonds is 2. The average Bonchev–Trinajstić information content (AvgIpc) is 2.63. The van der Waals surface area contributed by atoms with Crippen LogP contribution in [0.4, 0.5) is 5.69 Å². The van der Waals surface area contributed by atoms with Crippen LogP contribution >= 0.6 is 27.5 Å². The highest BCUT2D eigenvalue weighted by molar-refractivity contribution is 9.10. The van der Waals surface area contributed by atoms with E-state index in [1.54, 1.807) is 0 Å². The predicted molar refractivity (Wildman–Crippen MR) is 89.4 cm³/mol. The van der Waals surface area contributed by atoms with Crippen molar-refractivity contribution in [3.8, 4) is 0 Å². The Kier molecular flexibility index (Phi) is 3.55. The fraction of sp³-hybridized carbons (Fsp3) is 0.294. The van der Waals surface area contributed by atoms with Crippen LogP contribution in [-0.2, 0) is 6.42 Å². The molecule has 1 aliphatic carbocycles. The van der Waals surface area contributed by atoms with Crippen LogP contribution in [0.1, 0.15) is 31.0 Å². The molecule has 3 heteroatoms. The van der Waals surface area contributed by atoms with Crippen molar-refractivity contribution in [1.29, 1.82) is 0 Å². The van der Waals surface area contributed by atoms with Crippen molar-refractivity contribution in [2.45, 2.75) is 26.3 Å². The number of hydrogen-bond acceptors (Lipinski definition) is 1. The van der Waals surface area contributed by atoms with Gasteiger partial charge in [-0.3, -0.25) is 0 Å². The Morgan fingerprint density at radius 2 is 1.85 bits per heavy atom. The quantitative estimate of drug-likeness (QED) is 0.717. The van der Waals surface area contributed by atoms with Gasteiger partial charge < -0.3 is 5.32 Å². The highest BCUT2D eigenvalue weighted by Crippen LogP contribution is 2.47. The van der Waals surface area contributed by atoms with Crippen molar-refractivity contribution < 1.29 is 0 Å². The number of hydrogen-bond donors (Lipinski definition) is 1. The number of halogens is 2. The standard InChI is InChI=1S/C17H17BrClN/c1-17(2)10-11-3-6-13(19)9-15(11)16(17)20-14-7-4-12(18)5-8-14/h3-9,16,20H,10H2,1-2H3. The van der Waals surface area contributed by atoms with Gasteiger partial charge >= 0.3 is 0 Å². The maximum absolute atomic E-state index is 6.17. The Hall–Kier alpha value is -0.990. The minimum absolute atomic E-state index is 0.181. The summed E-state index contributed by atoms with van der Waals surface area (Å²) in [6.07, 6.45) is 1.08. The molecule has 0 saturated heterocycles. The molecular weight excluding hydrogens is 334 g/mol. The summed E-state index contributed by atoms with van der Waals surface area (Å²) in [6.45, 7) is 4.61. The molecule has 0 fully saturated rings. The molecule has 1 unspecified atom stereocenters. The van der Waals surface area contributed by atoms with E-state index in [2.05, 4.69) is 71.5 Å². The molecule has 1 nitrogen and oxygen atoms in total. The molecule has 0 radical (unpaired) electrons. The third-order valence-electron chi connectivity index (χ3n) is 4.00.